The van der Waals surface area contributed by atoms with E-state index >= 15 is 0 Å². The SMILES string of the molecule is CCOC(=O)c1cccnc1NCCn1ccnn1. The first-order valence-electron chi connectivity index (χ1n) is 6.01. The highest BCUT2D eigenvalue weighted by atomic mass is 16.5. The first kappa shape index (κ1) is 13.0. The fraction of sp³-hybridized carbons (Fsp3) is 0.333. The fourth-order valence-corrected chi connectivity index (χ4v) is 1.56. The standard InChI is InChI=1S/C12H15N5O2/c1-2-19-12(18)10-4-3-5-13-11(10)14-6-8-17-9-7-15-16-17/h3-5,7,9H,2,6,8H2,1H3,(H,13,14). The van der Waals surface area contributed by atoms with Crippen LogP contribution in [0.25, 0.3) is 0 Å². The molecule has 19 heavy (non-hydrogen) atoms. The predicted octanol–water partition coefficient (Wildman–Crippen LogP) is 0.962. The molecule has 0 fully saturated rings. The molecule has 7 heteroatoms. The maximum atomic E-state index is 11.7. The van der Waals surface area contributed by atoms with E-state index < -0.39 is 0 Å². The molecule has 0 aromatic carbocycles. The van der Waals surface area contributed by atoms with Crippen molar-refractivity contribution in [1.82, 2.24) is 20.0 Å². The van der Waals surface area contributed by atoms with Crippen LogP contribution >= 0.6 is 0 Å². The Labute approximate surface area is 110 Å². The molecule has 0 unspecified atom stereocenters. The number of carbonyl (C=O) groups excluding carboxylic acids is 1. The van der Waals surface area contributed by atoms with Crippen LogP contribution in [-0.2, 0) is 11.3 Å². The van der Waals surface area contributed by atoms with E-state index in [0.29, 0.717) is 31.1 Å². The molecule has 0 aliphatic rings. The van der Waals surface area contributed by atoms with Crippen LogP contribution in [0.4, 0.5) is 5.82 Å². The summed E-state index contributed by atoms with van der Waals surface area (Å²) in [6, 6.07) is 3.39. The zero-order chi connectivity index (χ0) is 13.5. The van der Waals surface area contributed by atoms with Crippen LogP contribution in [0.15, 0.2) is 30.7 Å². The normalized spacial score (nSPS) is 10.2. The molecule has 100 valence electrons. The van der Waals surface area contributed by atoms with E-state index in [-0.39, 0.29) is 5.97 Å². The van der Waals surface area contributed by atoms with E-state index in [4.69, 9.17) is 4.74 Å². The number of nitrogens with one attached hydrogen (secondary N) is 1. The van der Waals surface area contributed by atoms with Crippen molar-refractivity contribution in [3.05, 3.63) is 36.3 Å². The van der Waals surface area contributed by atoms with Gasteiger partial charge in [-0.2, -0.15) is 0 Å². The molecule has 2 rings (SSSR count). The zero-order valence-electron chi connectivity index (χ0n) is 10.6. The molecular weight excluding hydrogens is 246 g/mol. The van der Waals surface area contributed by atoms with E-state index in [2.05, 4.69) is 20.6 Å². The molecule has 0 aliphatic heterocycles. The fourth-order valence-electron chi connectivity index (χ4n) is 1.56. The molecule has 0 saturated heterocycles. The number of carbonyl (C=O) groups is 1. The second kappa shape index (κ2) is 6.48. The van der Waals surface area contributed by atoms with Crippen LogP contribution in [-0.4, -0.2) is 39.1 Å². The summed E-state index contributed by atoms with van der Waals surface area (Å²) in [6.45, 7) is 3.34. The van der Waals surface area contributed by atoms with Crippen LogP contribution in [0.1, 0.15) is 17.3 Å². The number of esters is 1. The molecule has 0 amide bonds. The summed E-state index contributed by atoms with van der Waals surface area (Å²) in [5.41, 5.74) is 0.433. The third-order valence-electron chi connectivity index (χ3n) is 2.41. The minimum absolute atomic E-state index is 0.339. The highest BCUT2D eigenvalue weighted by molar-refractivity contribution is 5.94. The van der Waals surface area contributed by atoms with Crippen molar-refractivity contribution in [2.45, 2.75) is 13.5 Å². The molecule has 0 bridgehead atoms. The number of anilines is 1. The van der Waals surface area contributed by atoms with Gasteiger partial charge in [0.25, 0.3) is 0 Å². The lowest BCUT2D eigenvalue weighted by atomic mass is 10.2. The molecule has 0 spiro atoms. The Kier molecular flexibility index (Phi) is 4.44. The topological polar surface area (TPSA) is 81.9 Å². The van der Waals surface area contributed by atoms with Crippen LogP contribution in [0.3, 0.4) is 0 Å². The number of hydrogen-bond donors (Lipinski definition) is 1. The lowest BCUT2D eigenvalue weighted by Crippen LogP contribution is -2.15. The van der Waals surface area contributed by atoms with E-state index in [9.17, 15) is 4.79 Å². The van der Waals surface area contributed by atoms with Gasteiger partial charge in [0.2, 0.25) is 0 Å². The Morgan fingerprint density at radius 1 is 1.47 bits per heavy atom. The second-order valence-electron chi connectivity index (χ2n) is 3.71. The molecule has 0 atom stereocenters. The summed E-state index contributed by atoms with van der Waals surface area (Å²) in [5, 5.41) is 10.7. The molecule has 0 radical (unpaired) electrons. The van der Waals surface area contributed by atoms with Crippen molar-refractivity contribution in [1.29, 1.82) is 0 Å². The lowest BCUT2D eigenvalue weighted by Gasteiger charge is -2.09. The number of aromatic nitrogens is 4. The third kappa shape index (κ3) is 3.51. The first-order valence-corrected chi connectivity index (χ1v) is 6.01. The van der Waals surface area contributed by atoms with Crippen molar-refractivity contribution < 1.29 is 9.53 Å². The van der Waals surface area contributed by atoms with Gasteiger partial charge in [-0.3, -0.25) is 4.68 Å². The van der Waals surface area contributed by atoms with Gasteiger partial charge in [0.1, 0.15) is 11.4 Å². The maximum absolute atomic E-state index is 11.7. The average Bonchev–Trinajstić information content (AvgIpc) is 2.93. The Morgan fingerprint density at radius 2 is 2.37 bits per heavy atom. The highest BCUT2D eigenvalue weighted by Gasteiger charge is 2.12. The van der Waals surface area contributed by atoms with Crippen LogP contribution in [0.5, 0.6) is 0 Å². The minimum Gasteiger partial charge on any atom is -0.462 e. The van der Waals surface area contributed by atoms with Gasteiger partial charge >= 0.3 is 5.97 Å². The van der Waals surface area contributed by atoms with Crippen LogP contribution < -0.4 is 5.32 Å². The number of ether oxygens (including phenoxy) is 1. The van der Waals surface area contributed by atoms with E-state index in [1.165, 1.54) is 0 Å². The van der Waals surface area contributed by atoms with Gasteiger partial charge in [0.05, 0.1) is 19.3 Å². The van der Waals surface area contributed by atoms with E-state index in [1.807, 2.05) is 0 Å². The van der Waals surface area contributed by atoms with Gasteiger partial charge < -0.3 is 10.1 Å². The Bertz CT molecular complexity index is 527. The summed E-state index contributed by atoms with van der Waals surface area (Å²) in [7, 11) is 0. The quantitative estimate of drug-likeness (QED) is 0.780. The summed E-state index contributed by atoms with van der Waals surface area (Å²) >= 11 is 0. The molecule has 0 aliphatic carbocycles. The van der Waals surface area contributed by atoms with Gasteiger partial charge in [0.15, 0.2) is 0 Å². The summed E-state index contributed by atoms with van der Waals surface area (Å²) in [4.78, 5) is 15.9. The summed E-state index contributed by atoms with van der Waals surface area (Å²) < 4.78 is 6.67. The average molecular weight is 261 g/mol. The molecule has 2 aromatic heterocycles. The van der Waals surface area contributed by atoms with Gasteiger partial charge in [-0.1, -0.05) is 5.21 Å². The van der Waals surface area contributed by atoms with Crippen molar-refractivity contribution in [3.63, 3.8) is 0 Å². The smallest absolute Gasteiger partial charge is 0.341 e. The molecule has 0 saturated carbocycles. The Morgan fingerprint density at radius 3 is 3.11 bits per heavy atom. The summed E-state index contributed by atoms with van der Waals surface area (Å²) in [6.07, 6.45) is 5.01. The molecular formula is C12H15N5O2. The lowest BCUT2D eigenvalue weighted by molar-refractivity contribution is 0.0527. The highest BCUT2D eigenvalue weighted by Crippen LogP contribution is 2.12. The van der Waals surface area contributed by atoms with Crippen LogP contribution in [0, 0.1) is 0 Å². The van der Waals surface area contributed by atoms with Crippen LogP contribution in [0.2, 0.25) is 0 Å². The Balaban J connectivity index is 1.97. The van der Waals surface area contributed by atoms with Gasteiger partial charge in [-0.05, 0) is 19.1 Å². The van der Waals surface area contributed by atoms with Crippen molar-refractivity contribution in [3.8, 4) is 0 Å². The molecule has 2 heterocycles. The summed E-state index contributed by atoms with van der Waals surface area (Å²) in [5.74, 6) is 0.139. The zero-order valence-corrected chi connectivity index (χ0v) is 10.6. The second-order valence-corrected chi connectivity index (χ2v) is 3.71. The maximum Gasteiger partial charge on any atom is 0.341 e. The van der Waals surface area contributed by atoms with Gasteiger partial charge in [-0.15, -0.1) is 5.10 Å². The number of rotatable bonds is 6. The molecule has 2 aromatic rings. The Hall–Kier alpha value is -2.44. The molecule has 7 nitrogen and oxygen atoms in total. The predicted molar refractivity (Wildman–Crippen MR) is 68.7 cm³/mol. The van der Waals surface area contributed by atoms with Gasteiger partial charge in [0, 0.05) is 18.9 Å². The van der Waals surface area contributed by atoms with E-state index in [0.717, 1.165) is 0 Å². The van der Waals surface area contributed by atoms with Gasteiger partial charge in [-0.25, -0.2) is 9.78 Å². The third-order valence-corrected chi connectivity index (χ3v) is 2.41. The van der Waals surface area contributed by atoms with E-state index in [1.54, 1.807) is 42.3 Å². The number of hydrogen-bond acceptors (Lipinski definition) is 6. The number of nitrogens with zero attached hydrogens (tertiary/aromatic N) is 4. The number of pyridine rings is 1. The minimum atomic E-state index is -0.376. The van der Waals surface area contributed by atoms with Crippen molar-refractivity contribution >= 4 is 11.8 Å². The first-order chi connectivity index (χ1) is 9.31. The van der Waals surface area contributed by atoms with Crippen molar-refractivity contribution in [2.75, 3.05) is 18.5 Å². The monoisotopic (exact) mass is 261 g/mol. The molecule has 1 N–H and O–H groups in total. The largest absolute Gasteiger partial charge is 0.462 e. The van der Waals surface area contributed by atoms with Crippen molar-refractivity contribution in [2.24, 2.45) is 0 Å².